The van der Waals surface area contributed by atoms with Gasteiger partial charge in [0.1, 0.15) is 40.9 Å². The molecule has 0 atom stereocenters. The zero-order valence-corrected chi connectivity index (χ0v) is 18.7. The summed E-state index contributed by atoms with van der Waals surface area (Å²) in [5, 5.41) is 2.08. The van der Waals surface area contributed by atoms with Gasteiger partial charge < -0.3 is 9.47 Å². The number of fused-ring (bicyclic) bond motifs is 1. The summed E-state index contributed by atoms with van der Waals surface area (Å²) in [5.41, 5.74) is 6.65. The molecule has 0 aromatic heterocycles. The Hall–Kier alpha value is -2.15. The SMILES string of the molecule is C[Si](C)(C)C#CCOc1cccc2c(OCC#C[Si](C)(C)C)cccc12. The average Bonchev–Trinajstić information content (AvgIpc) is 2.54. The van der Waals surface area contributed by atoms with Crippen molar-refractivity contribution in [1.29, 1.82) is 0 Å². The third kappa shape index (κ3) is 6.63. The van der Waals surface area contributed by atoms with E-state index in [0.29, 0.717) is 13.2 Å². The van der Waals surface area contributed by atoms with Gasteiger partial charge in [-0.05, 0) is 12.1 Å². The molecule has 2 nitrogen and oxygen atoms in total. The van der Waals surface area contributed by atoms with Gasteiger partial charge in [-0.1, -0.05) is 75.4 Å². The summed E-state index contributed by atoms with van der Waals surface area (Å²) in [5.74, 6) is 7.98. The molecule has 0 aliphatic heterocycles. The Morgan fingerprint density at radius 2 is 1.04 bits per heavy atom. The van der Waals surface area contributed by atoms with Gasteiger partial charge in [0.15, 0.2) is 0 Å². The normalized spacial score (nSPS) is 11.2. The molecule has 0 saturated carbocycles. The van der Waals surface area contributed by atoms with Crippen LogP contribution < -0.4 is 9.47 Å². The van der Waals surface area contributed by atoms with Gasteiger partial charge in [-0.2, -0.15) is 0 Å². The molecule has 26 heavy (non-hydrogen) atoms. The molecule has 0 N–H and O–H groups in total. The van der Waals surface area contributed by atoms with E-state index >= 15 is 0 Å². The average molecular weight is 381 g/mol. The van der Waals surface area contributed by atoms with Crippen molar-refractivity contribution >= 4 is 26.9 Å². The van der Waals surface area contributed by atoms with Crippen LogP contribution in [0, 0.1) is 22.9 Å². The van der Waals surface area contributed by atoms with E-state index in [0.717, 1.165) is 22.3 Å². The van der Waals surface area contributed by atoms with Crippen LogP contribution in [0.2, 0.25) is 39.3 Å². The second-order valence-corrected chi connectivity index (χ2v) is 17.8. The third-order valence-electron chi connectivity index (χ3n) is 3.37. The fourth-order valence-corrected chi connectivity index (χ4v) is 3.54. The van der Waals surface area contributed by atoms with Gasteiger partial charge in [0.2, 0.25) is 0 Å². The van der Waals surface area contributed by atoms with Gasteiger partial charge in [-0.15, -0.1) is 11.1 Å². The molecule has 0 amide bonds. The lowest BCUT2D eigenvalue weighted by molar-refractivity contribution is 0.371. The van der Waals surface area contributed by atoms with Crippen molar-refractivity contribution in [3.05, 3.63) is 36.4 Å². The molecule has 2 aromatic carbocycles. The van der Waals surface area contributed by atoms with Crippen LogP contribution in [-0.4, -0.2) is 29.4 Å². The fraction of sp³-hybridized carbons (Fsp3) is 0.364. The summed E-state index contributed by atoms with van der Waals surface area (Å²) in [6.07, 6.45) is 0. The quantitative estimate of drug-likeness (QED) is 0.525. The highest BCUT2D eigenvalue weighted by Gasteiger charge is 2.09. The monoisotopic (exact) mass is 380 g/mol. The van der Waals surface area contributed by atoms with Gasteiger partial charge in [-0.25, -0.2) is 0 Å². The molecule has 0 unspecified atom stereocenters. The maximum atomic E-state index is 5.91. The molecule has 0 heterocycles. The first-order valence-corrected chi connectivity index (χ1v) is 15.9. The van der Waals surface area contributed by atoms with E-state index in [2.05, 4.69) is 74.3 Å². The smallest absolute Gasteiger partial charge is 0.148 e. The highest BCUT2D eigenvalue weighted by Crippen LogP contribution is 2.32. The van der Waals surface area contributed by atoms with Gasteiger partial charge in [0.05, 0.1) is 0 Å². The summed E-state index contributed by atoms with van der Waals surface area (Å²) in [4.78, 5) is 0. The van der Waals surface area contributed by atoms with E-state index in [1.807, 2.05) is 24.3 Å². The Labute approximate surface area is 159 Å². The summed E-state index contributed by atoms with van der Waals surface area (Å²) in [6, 6.07) is 12.0. The van der Waals surface area contributed by atoms with Crippen LogP contribution in [0.3, 0.4) is 0 Å². The predicted molar refractivity (Wildman–Crippen MR) is 117 cm³/mol. The first-order chi connectivity index (χ1) is 12.2. The number of benzene rings is 2. The highest BCUT2D eigenvalue weighted by molar-refractivity contribution is 6.84. The molecule has 0 spiro atoms. The number of hydrogen-bond acceptors (Lipinski definition) is 2. The maximum Gasteiger partial charge on any atom is 0.148 e. The molecule has 0 aliphatic rings. The van der Waals surface area contributed by atoms with Crippen LogP contribution in [0.4, 0.5) is 0 Å². The zero-order valence-electron chi connectivity index (χ0n) is 16.7. The molecule has 2 rings (SSSR count). The molecule has 0 saturated heterocycles. The Balaban J connectivity index is 2.16. The van der Waals surface area contributed by atoms with Crippen molar-refractivity contribution < 1.29 is 9.47 Å². The van der Waals surface area contributed by atoms with E-state index < -0.39 is 16.1 Å². The van der Waals surface area contributed by atoms with E-state index in [9.17, 15) is 0 Å². The molecular weight excluding hydrogens is 352 g/mol. The van der Waals surface area contributed by atoms with Crippen LogP contribution in [0.15, 0.2) is 36.4 Å². The standard InChI is InChI=1S/C22H28O2Si2/c1-25(2,3)17-9-15-23-21-13-7-12-20-19(21)11-8-14-22(20)24-16-10-18-26(4,5)6/h7-8,11-14H,15-16H2,1-6H3. The number of rotatable bonds is 4. The van der Waals surface area contributed by atoms with Gasteiger partial charge in [-0.3, -0.25) is 0 Å². The van der Waals surface area contributed by atoms with Crippen LogP contribution >= 0.6 is 0 Å². The molecular formula is C22H28O2Si2. The van der Waals surface area contributed by atoms with Crippen molar-refractivity contribution in [1.82, 2.24) is 0 Å². The third-order valence-corrected chi connectivity index (χ3v) is 5.22. The maximum absolute atomic E-state index is 5.91. The van der Waals surface area contributed by atoms with E-state index in [4.69, 9.17) is 9.47 Å². The topological polar surface area (TPSA) is 18.5 Å². The minimum atomic E-state index is -1.36. The summed E-state index contributed by atoms with van der Waals surface area (Å²) < 4.78 is 11.8. The lowest BCUT2D eigenvalue weighted by atomic mass is 10.1. The second kappa shape index (κ2) is 8.49. The lowest BCUT2D eigenvalue weighted by Gasteiger charge is -2.11. The van der Waals surface area contributed by atoms with E-state index in [1.165, 1.54) is 0 Å². The van der Waals surface area contributed by atoms with Crippen LogP contribution in [0.25, 0.3) is 10.8 Å². The second-order valence-electron chi connectivity index (χ2n) is 8.29. The molecule has 0 radical (unpaired) electrons. The highest BCUT2D eigenvalue weighted by atomic mass is 28.3. The molecule has 0 aliphatic carbocycles. The van der Waals surface area contributed by atoms with Crippen LogP contribution in [0.5, 0.6) is 11.5 Å². The summed E-state index contributed by atoms with van der Waals surface area (Å²) >= 11 is 0. The molecule has 4 heteroatoms. The summed E-state index contributed by atoms with van der Waals surface area (Å²) in [7, 11) is -2.72. The Kier molecular flexibility index (Phi) is 6.59. The first kappa shape index (κ1) is 20.2. The van der Waals surface area contributed by atoms with E-state index in [-0.39, 0.29) is 0 Å². The van der Waals surface area contributed by atoms with Gasteiger partial charge >= 0.3 is 0 Å². The van der Waals surface area contributed by atoms with E-state index in [1.54, 1.807) is 0 Å². The van der Waals surface area contributed by atoms with Crippen molar-refractivity contribution in [3.63, 3.8) is 0 Å². The Morgan fingerprint density at radius 3 is 1.38 bits per heavy atom. The minimum Gasteiger partial charge on any atom is -0.480 e. The van der Waals surface area contributed by atoms with Crippen molar-refractivity contribution in [2.24, 2.45) is 0 Å². The Morgan fingerprint density at radius 1 is 0.654 bits per heavy atom. The first-order valence-electron chi connectivity index (χ1n) is 8.93. The summed E-state index contributed by atoms with van der Waals surface area (Å²) in [6.45, 7) is 14.2. The van der Waals surface area contributed by atoms with Gasteiger partial charge in [0, 0.05) is 10.8 Å². The number of hydrogen-bond donors (Lipinski definition) is 0. The zero-order chi connectivity index (χ0) is 19.2. The van der Waals surface area contributed by atoms with Crippen molar-refractivity contribution in [2.45, 2.75) is 39.3 Å². The molecule has 2 aromatic rings. The minimum absolute atomic E-state index is 0.413. The van der Waals surface area contributed by atoms with Crippen LogP contribution in [0.1, 0.15) is 0 Å². The van der Waals surface area contributed by atoms with Crippen molar-refractivity contribution in [3.8, 4) is 34.4 Å². The lowest BCUT2D eigenvalue weighted by Crippen LogP contribution is -2.16. The fourth-order valence-electron chi connectivity index (χ4n) is 2.33. The Bertz CT molecular complexity index is 807. The van der Waals surface area contributed by atoms with Crippen molar-refractivity contribution in [2.75, 3.05) is 13.2 Å². The predicted octanol–water partition coefficient (Wildman–Crippen LogP) is 5.36. The van der Waals surface area contributed by atoms with Gasteiger partial charge in [0.25, 0.3) is 0 Å². The molecule has 0 fully saturated rings. The molecule has 136 valence electrons. The molecule has 0 bridgehead atoms. The number of ether oxygens (including phenoxy) is 2. The van der Waals surface area contributed by atoms with Crippen LogP contribution in [-0.2, 0) is 0 Å². The largest absolute Gasteiger partial charge is 0.480 e.